The summed E-state index contributed by atoms with van der Waals surface area (Å²) in [6.45, 7) is 0.664. The topological polar surface area (TPSA) is 42.0 Å². The number of benzene rings is 2. The minimum Gasteiger partial charge on any atom is -0.352 e. The average molecular weight is 589 g/mol. The third-order valence-electron chi connectivity index (χ3n) is 3.67. The third kappa shape index (κ3) is 8.69. The molecule has 0 bridgehead atoms. The quantitative estimate of drug-likeness (QED) is 0.223. The SMILES string of the molecule is Clc1cc(Cl)c(Sc2c(Cl)cc(Cl)cc2Cl)c(Cl)c1.O=C(NCCCS)c1cccnc1. The number of amides is 1. The lowest BCUT2D eigenvalue weighted by atomic mass is 10.2. The Bertz CT molecular complexity index is 968. The van der Waals surface area contributed by atoms with Gasteiger partial charge in [0.1, 0.15) is 0 Å². The highest BCUT2D eigenvalue weighted by Gasteiger charge is 2.15. The van der Waals surface area contributed by atoms with E-state index in [1.165, 1.54) is 11.8 Å². The molecule has 0 saturated heterocycles. The number of thiol groups is 1. The normalized spacial score (nSPS) is 10.3. The largest absolute Gasteiger partial charge is 0.352 e. The Morgan fingerprint density at radius 1 is 0.906 bits per heavy atom. The van der Waals surface area contributed by atoms with Gasteiger partial charge in [-0.25, -0.2) is 0 Å². The van der Waals surface area contributed by atoms with E-state index < -0.39 is 0 Å². The zero-order valence-corrected chi connectivity index (χ0v) is 22.5. The zero-order valence-electron chi connectivity index (χ0n) is 16.2. The van der Waals surface area contributed by atoms with Crippen LogP contribution in [0.25, 0.3) is 0 Å². The van der Waals surface area contributed by atoms with E-state index in [0.29, 0.717) is 52.0 Å². The van der Waals surface area contributed by atoms with Gasteiger partial charge in [-0.15, -0.1) is 0 Å². The van der Waals surface area contributed by atoms with Crippen LogP contribution >= 0.6 is 94.0 Å². The Balaban J connectivity index is 0.000000244. The fourth-order valence-electron chi connectivity index (χ4n) is 2.24. The van der Waals surface area contributed by atoms with Gasteiger partial charge in [0.05, 0.1) is 25.7 Å². The number of pyridine rings is 1. The fourth-order valence-corrected chi connectivity index (χ4v) is 5.32. The Morgan fingerprint density at radius 2 is 1.41 bits per heavy atom. The molecule has 0 radical (unpaired) electrons. The minimum absolute atomic E-state index is 0.0742. The summed E-state index contributed by atoms with van der Waals surface area (Å²) in [6.07, 6.45) is 4.08. The molecule has 1 heterocycles. The second-order valence-electron chi connectivity index (χ2n) is 6.07. The molecule has 0 spiro atoms. The highest BCUT2D eigenvalue weighted by molar-refractivity contribution is 7.99. The number of carbonyl (C=O) groups excluding carboxylic acids is 1. The Kier molecular flexibility index (Phi) is 12.2. The Morgan fingerprint density at radius 3 is 1.81 bits per heavy atom. The van der Waals surface area contributed by atoms with E-state index in [1.807, 2.05) is 0 Å². The molecule has 1 aromatic heterocycles. The molecule has 0 aliphatic carbocycles. The summed E-state index contributed by atoms with van der Waals surface area (Å²) >= 11 is 41.5. The van der Waals surface area contributed by atoms with E-state index >= 15 is 0 Å². The first-order valence-corrected chi connectivity index (χ1v) is 12.7. The van der Waals surface area contributed by atoms with Crippen molar-refractivity contribution in [1.82, 2.24) is 10.3 Å². The Labute approximate surface area is 226 Å². The van der Waals surface area contributed by atoms with Crippen LogP contribution in [0.1, 0.15) is 16.8 Å². The first-order chi connectivity index (χ1) is 15.2. The highest BCUT2D eigenvalue weighted by atomic mass is 35.5. The first kappa shape index (κ1) is 27.7. The van der Waals surface area contributed by atoms with Gasteiger partial charge in [-0.05, 0) is 48.6 Å². The molecule has 32 heavy (non-hydrogen) atoms. The molecule has 2 aromatic carbocycles. The maximum absolute atomic E-state index is 11.3. The molecule has 3 aromatic rings. The van der Waals surface area contributed by atoms with E-state index in [2.05, 4.69) is 22.9 Å². The van der Waals surface area contributed by atoms with Crippen LogP contribution in [0.2, 0.25) is 30.1 Å². The molecule has 3 rings (SSSR count). The molecule has 170 valence electrons. The summed E-state index contributed by atoms with van der Waals surface area (Å²) in [5, 5.41) is 5.44. The van der Waals surface area contributed by atoms with Crippen LogP contribution in [-0.4, -0.2) is 23.2 Å². The van der Waals surface area contributed by atoms with E-state index in [-0.39, 0.29) is 5.91 Å². The van der Waals surface area contributed by atoms with Gasteiger partial charge in [0.25, 0.3) is 5.91 Å². The number of nitrogens with one attached hydrogen (secondary N) is 1. The van der Waals surface area contributed by atoms with Crippen LogP contribution in [0.5, 0.6) is 0 Å². The van der Waals surface area contributed by atoms with Crippen LogP contribution < -0.4 is 5.32 Å². The molecule has 1 N–H and O–H groups in total. The maximum atomic E-state index is 11.3. The molecule has 11 heteroatoms. The molecule has 0 aliphatic rings. The molecule has 3 nitrogen and oxygen atoms in total. The molecule has 0 aliphatic heterocycles. The van der Waals surface area contributed by atoms with Gasteiger partial charge in [0.15, 0.2) is 0 Å². The number of halogens is 6. The van der Waals surface area contributed by atoms with Crippen LogP contribution in [-0.2, 0) is 0 Å². The lowest BCUT2D eigenvalue weighted by Crippen LogP contribution is -2.24. The van der Waals surface area contributed by atoms with Crippen molar-refractivity contribution in [3.63, 3.8) is 0 Å². The second-order valence-corrected chi connectivity index (χ2v) is 10.0. The van der Waals surface area contributed by atoms with Gasteiger partial charge in [0, 0.05) is 38.8 Å². The van der Waals surface area contributed by atoms with Crippen molar-refractivity contribution in [2.75, 3.05) is 12.3 Å². The predicted octanol–water partition coefficient (Wildman–Crippen LogP) is 8.89. The van der Waals surface area contributed by atoms with Crippen molar-refractivity contribution in [1.29, 1.82) is 0 Å². The summed E-state index contributed by atoms with van der Waals surface area (Å²) in [7, 11) is 0. The maximum Gasteiger partial charge on any atom is 0.252 e. The van der Waals surface area contributed by atoms with Crippen molar-refractivity contribution >= 4 is 99.9 Å². The van der Waals surface area contributed by atoms with Crippen molar-refractivity contribution in [3.05, 3.63) is 84.5 Å². The molecule has 0 unspecified atom stereocenters. The number of nitrogens with zero attached hydrogens (tertiary/aromatic N) is 1. The highest BCUT2D eigenvalue weighted by Crippen LogP contribution is 2.45. The van der Waals surface area contributed by atoms with E-state index in [9.17, 15) is 4.79 Å². The average Bonchev–Trinajstić information content (AvgIpc) is 2.73. The van der Waals surface area contributed by atoms with Gasteiger partial charge in [-0.1, -0.05) is 81.4 Å². The number of rotatable bonds is 6. The molecular formula is C21H16Cl6N2OS2. The van der Waals surface area contributed by atoms with Crippen molar-refractivity contribution in [2.24, 2.45) is 0 Å². The smallest absolute Gasteiger partial charge is 0.252 e. The zero-order chi connectivity index (χ0) is 23.7. The molecular weight excluding hydrogens is 573 g/mol. The fraction of sp³-hybridized carbons (Fsp3) is 0.143. The molecule has 0 saturated carbocycles. The summed E-state index contributed by atoms with van der Waals surface area (Å²) < 4.78 is 0. The summed E-state index contributed by atoms with van der Waals surface area (Å²) in [6, 6.07) is 9.91. The van der Waals surface area contributed by atoms with E-state index in [4.69, 9.17) is 69.6 Å². The van der Waals surface area contributed by atoms with Crippen molar-refractivity contribution in [3.8, 4) is 0 Å². The summed E-state index contributed by atoms with van der Waals surface area (Å²) in [4.78, 5) is 16.5. The van der Waals surface area contributed by atoms with Crippen molar-refractivity contribution in [2.45, 2.75) is 16.2 Å². The van der Waals surface area contributed by atoms with Crippen LogP contribution in [0.15, 0.2) is 58.6 Å². The summed E-state index contributed by atoms with van der Waals surface area (Å²) in [5.74, 6) is 0.711. The second kappa shape index (κ2) is 14.0. The molecule has 1 amide bonds. The van der Waals surface area contributed by atoms with Gasteiger partial charge < -0.3 is 5.32 Å². The number of hydrogen-bond donors (Lipinski definition) is 2. The van der Waals surface area contributed by atoms with Gasteiger partial charge >= 0.3 is 0 Å². The molecule has 0 atom stereocenters. The lowest BCUT2D eigenvalue weighted by molar-refractivity contribution is 0.0953. The van der Waals surface area contributed by atoms with Gasteiger partial charge in [-0.2, -0.15) is 12.6 Å². The van der Waals surface area contributed by atoms with Crippen molar-refractivity contribution < 1.29 is 4.79 Å². The predicted molar refractivity (Wildman–Crippen MR) is 142 cm³/mol. The van der Waals surface area contributed by atoms with Crippen LogP contribution in [0.4, 0.5) is 0 Å². The Hall–Kier alpha value is -0.500. The first-order valence-electron chi connectivity index (χ1n) is 8.99. The number of carbonyl (C=O) groups is 1. The summed E-state index contributed by atoms with van der Waals surface area (Å²) in [5.41, 5.74) is 0.599. The number of aromatic nitrogens is 1. The van der Waals surface area contributed by atoms with Crippen LogP contribution in [0.3, 0.4) is 0 Å². The molecule has 0 fully saturated rings. The monoisotopic (exact) mass is 586 g/mol. The van der Waals surface area contributed by atoms with Crippen LogP contribution in [0, 0.1) is 0 Å². The standard InChI is InChI=1S/C12H4Cl6S.C9H12N2OS/c13-5-1-7(15)11(8(16)2-5)19-12-9(17)3-6(14)4-10(12)18;12-9(11-5-2-6-13)8-3-1-4-10-7-8/h1-4H;1,3-4,7,13H,2,5-6H2,(H,11,12). The lowest BCUT2D eigenvalue weighted by Gasteiger charge is -2.10. The van der Waals surface area contributed by atoms with E-state index in [1.54, 1.807) is 48.8 Å². The van der Waals surface area contributed by atoms with Gasteiger partial charge in [0.2, 0.25) is 0 Å². The number of hydrogen-bond acceptors (Lipinski definition) is 4. The van der Waals surface area contributed by atoms with E-state index in [0.717, 1.165) is 12.2 Å². The van der Waals surface area contributed by atoms with Gasteiger partial charge in [-0.3, -0.25) is 9.78 Å². The minimum atomic E-state index is -0.0742. The third-order valence-corrected chi connectivity index (χ3v) is 7.36.